The number of rotatable bonds is 11. The van der Waals surface area contributed by atoms with Crippen LogP contribution in [0.15, 0.2) is 23.4 Å². The van der Waals surface area contributed by atoms with Crippen LogP contribution in [-0.2, 0) is 14.6 Å². The third-order valence-corrected chi connectivity index (χ3v) is 10.7. The summed E-state index contributed by atoms with van der Waals surface area (Å²) < 4.78 is 37.7. The van der Waals surface area contributed by atoms with E-state index < -0.39 is 21.1 Å². The second-order valence-corrected chi connectivity index (χ2v) is 15.8. The van der Waals surface area contributed by atoms with E-state index >= 15 is 0 Å². The lowest BCUT2D eigenvalue weighted by molar-refractivity contribution is 0.0186. The Kier molecular flexibility index (Phi) is 10.7. The average Bonchev–Trinajstić information content (AvgIpc) is 3.32. The number of hydrogen-bond acceptors (Lipinski definition) is 11. The number of halogens is 1. The highest BCUT2D eigenvalue weighted by molar-refractivity contribution is 8.07. The number of benzene rings is 1. The first-order chi connectivity index (χ1) is 20.6. The van der Waals surface area contributed by atoms with Crippen LogP contribution < -0.4 is 15.4 Å². The number of likely N-dealkylation sites (N-methyl/N-ethyl adjacent to an activating group) is 1. The molecule has 1 fully saturated rings. The van der Waals surface area contributed by atoms with Crippen LogP contribution in [0.5, 0.6) is 5.75 Å². The number of hydrazone groups is 1. The van der Waals surface area contributed by atoms with Crippen molar-refractivity contribution in [2.24, 2.45) is 5.10 Å². The zero-order valence-corrected chi connectivity index (χ0v) is 29.0. The lowest BCUT2D eigenvalue weighted by atomic mass is 9.85. The van der Waals surface area contributed by atoms with Gasteiger partial charge in [0.05, 0.1) is 36.4 Å². The van der Waals surface area contributed by atoms with E-state index in [9.17, 15) is 8.42 Å². The van der Waals surface area contributed by atoms with Crippen LogP contribution in [-0.4, -0.2) is 96.7 Å². The van der Waals surface area contributed by atoms with Gasteiger partial charge in [0.2, 0.25) is 5.95 Å². The van der Waals surface area contributed by atoms with Crippen molar-refractivity contribution in [2.75, 3.05) is 51.0 Å². The van der Waals surface area contributed by atoms with E-state index in [-0.39, 0.29) is 21.7 Å². The first kappa shape index (κ1) is 34.2. The minimum absolute atomic E-state index is 0.00544. The van der Waals surface area contributed by atoms with Crippen molar-refractivity contribution in [1.82, 2.24) is 19.9 Å². The summed E-state index contributed by atoms with van der Waals surface area (Å²) >= 11 is 6.47. The molecule has 1 saturated heterocycles. The number of sulfone groups is 1. The van der Waals surface area contributed by atoms with Gasteiger partial charge in [0.15, 0.2) is 20.7 Å². The maximum absolute atomic E-state index is 13.0. The predicted octanol–water partition coefficient (Wildman–Crippen LogP) is 5.44. The number of hydrogen-bond donors (Lipinski definition) is 2. The number of ether oxygens (including phenoxy) is 2. The molecular weight excluding hydrogens is 602 g/mol. The van der Waals surface area contributed by atoms with E-state index in [1.165, 1.54) is 17.3 Å². The van der Waals surface area contributed by atoms with E-state index in [1.54, 1.807) is 33.0 Å². The van der Waals surface area contributed by atoms with E-state index in [1.807, 2.05) is 13.8 Å². The molecule has 13 heteroatoms. The molecule has 0 radical (unpaired) electrons. The molecule has 1 aromatic heterocycles. The molecule has 11 nitrogen and oxygen atoms in total. The lowest BCUT2D eigenvalue weighted by Crippen LogP contribution is -2.50. The fourth-order valence-corrected chi connectivity index (χ4v) is 7.28. The minimum Gasteiger partial charge on any atom is -0.489 e. The summed E-state index contributed by atoms with van der Waals surface area (Å²) in [6.45, 7) is 17.0. The van der Waals surface area contributed by atoms with Crippen LogP contribution in [0.2, 0.25) is 5.02 Å². The molecule has 244 valence electrons. The number of nitrogens with zero attached hydrogens (tertiary/aromatic N) is 5. The van der Waals surface area contributed by atoms with Gasteiger partial charge in [-0.15, -0.1) is 0 Å². The van der Waals surface area contributed by atoms with Crippen molar-refractivity contribution >= 4 is 43.9 Å². The monoisotopic (exact) mass is 649 g/mol. The predicted molar refractivity (Wildman–Crippen MR) is 178 cm³/mol. The molecule has 3 heterocycles. The summed E-state index contributed by atoms with van der Waals surface area (Å²) in [6, 6.07) is 3.65. The fourth-order valence-electron chi connectivity index (χ4n) is 5.87. The molecule has 1 aromatic carbocycles. The van der Waals surface area contributed by atoms with E-state index in [4.69, 9.17) is 21.1 Å². The Hall–Kier alpha value is -2.67. The molecule has 0 saturated carbocycles. The summed E-state index contributed by atoms with van der Waals surface area (Å²) in [6.07, 6.45) is 3.58. The molecule has 0 spiro atoms. The van der Waals surface area contributed by atoms with Gasteiger partial charge in [-0.2, -0.15) is 10.1 Å². The van der Waals surface area contributed by atoms with Gasteiger partial charge < -0.3 is 20.1 Å². The average molecular weight is 650 g/mol. The molecular formula is C31H48ClN7O4S. The zero-order chi connectivity index (χ0) is 32.4. The second kappa shape index (κ2) is 13.8. The van der Waals surface area contributed by atoms with Crippen LogP contribution >= 0.6 is 11.6 Å². The number of likely N-dealkylation sites (tertiary alicyclic amines) is 1. The Balaban J connectivity index is 1.56. The summed E-state index contributed by atoms with van der Waals surface area (Å²) in [5.74, 6) is 1.78. The molecule has 2 N–H and O–H groups in total. The Morgan fingerprint density at radius 2 is 1.84 bits per heavy atom. The van der Waals surface area contributed by atoms with E-state index in [2.05, 4.69) is 63.5 Å². The molecule has 0 bridgehead atoms. The van der Waals surface area contributed by atoms with E-state index in [0.29, 0.717) is 30.8 Å². The number of nitrogens with one attached hydrogen (secondary N) is 2. The van der Waals surface area contributed by atoms with Crippen LogP contribution in [0.25, 0.3) is 0 Å². The number of aromatic nitrogens is 2. The van der Waals surface area contributed by atoms with Gasteiger partial charge in [0.1, 0.15) is 16.8 Å². The normalized spacial score (nSPS) is 18.7. The molecule has 0 aliphatic carbocycles. The van der Waals surface area contributed by atoms with Gasteiger partial charge in [-0.25, -0.2) is 13.4 Å². The molecule has 44 heavy (non-hydrogen) atoms. The number of methoxy groups -OCH3 is 1. The van der Waals surface area contributed by atoms with Gasteiger partial charge >= 0.3 is 0 Å². The van der Waals surface area contributed by atoms with Gasteiger partial charge in [0, 0.05) is 19.7 Å². The van der Waals surface area contributed by atoms with Gasteiger partial charge in [-0.05, 0) is 104 Å². The topological polar surface area (TPSA) is 121 Å². The highest BCUT2D eigenvalue weighted by atomic mass is 35.5. The second-order valence-electron chi connectivity index (χ2n) is 13.0. The summed E-state index contributed by atoms with van der Waals surface area (Å²) in [5, 5.41) is 12.1. The maximum atomic E-state index is 13.0. The Bertz CT molecular complexity index is 1460. The first-order valence-electron chi connectivity index (χ1n) is 15.3. The van der Waals surface area contributed by atoms with Crippen molar-refractivity contribution in [3.8, 4) is 5.75 Å². The van der Waals surface area contributed by atoms with Crippen LogP contribution in [0.3, 0.4) is 0 Å². The number of aryl methyl sites for hydroxylation is 1. The van der Waals surface area contributed by atoms with Crippen molar-refractivity contribution in [3.05, 3.63) is 34.5 Å². The van der Waals surface area contributed by atoms with Gasteiger partial charge in [-0.3, -0.25) is 9.91 Å². The molecule has 1 atom stereocenters. The van der Waals surface area contributed by atoms with E-state index in [0.717, 1.165) is 37.4 Å². The quantitative estimate of drug-likeness (QED) is 0.326. The third kappa shape index (κ3) is 7.75. The Morgan fingerprint density at radius 1 is 1.16 bits per heavy atom. The summed E-state index contributed by atoms with van der Waals surface area (Å²) in [7, 11) is -0.0846. The summed E-state index contributed by atoms with van der Waals surface area (Å²) in [5.41, 5.74) is 3.21. The zero-order valence-electron chi connectivity index (χ0n) is 27.4. The molecule has 2 aromatic rings. The Labute approximate surface area is 267 Å². The highest BCUT2D eigenvalue weighted by Gasteiger charge is 2.37. The van der Waals surface area contributed by atoms with Gasteiger partial charge in [0.25, 0.3) is 0 Å². The molecule has 2 aliphatic rings. The van der Waals surface area contributed by atoms with Crippen molar-refractivity contribution in [1.29, 1.82) is 0 Å². The minimum atomic E-state index is -3.58. The molecule has 0 amide bonds. The smallest absolute Gasteiger partial charge is 0.229 e. The maximum Gasteiger partial charge on any atom is 0.229 e. The highest BCUT2D eigenvalue weighted by Crippen LogP contribution is 2.39. The van der Waals surface area contributed by atoms with Crippen LogP contribution in [0.1, 0.15) is 71.4 Å². The molecule has 1 unspecified atom stereocenters. The first-order valence-corrected chi connectivity index (χ1v) is 17.2. The Morgan fingerprint density at radius 3 is 2.45 bits per heavy atom. The third-order valence-electron chi connectivity index (χ3n) is 8.25. The standard InChI is InChI=1S/C31H48ClN7O4S/c1-19(2)43-27-15-23(22-10-12-39(13-11-22)31(6,7)18-42-9)21(5)14-25(27)35-30-33-16-24(32)28(36-30)34-26-17-38(8)37-29(26)44(40,41)20(3)4/h14-16,19-20,22,26H,10-13,17-18H2,1-9H3,(H2,33,34,35,36). The van der Waals surface area contributed by atoms with Gasteiger partial charge in [-0.1, -0.05) is 11.6 Å². The number of anilines is 3. The van der Waals surface area contributed by atoms with Crippen molar-refractivity contribution < 1.29 is 17.9 Å². The molecule has 4 rings (SSSR count). The molecule has 2 aliphatic heterocycles. The SMILES string of the molecule is COCC(C)(C)N1CCC(c2cc(OC(C)C)c(Nc3ncc(Cl)c(NC4CN(C)N=C4S(=O)(=O)C(C)C)n3)cc2C)CC1. The largest absolute Gasteiger partial charge is 0.489 e. The van der Waals surface area contributed by atoms with Crippen molar-refractivity contribution in [3.63, 3.8) is 0 Å². The lowest BCUT2D eigenvalue weighted by Gasteiger charge is -2.43. The van der Waals surface area contributed by atoms with Crippen molar-refractivity contribution in [2.45, 2.75) is 90.2 Å². The number of piperidine rings is 1. The van der Waals surface area contributed by atoms with Crippen LogP contribution in [0.4, 0.5) is 17.5 Å². The fraction of sp³-hybridized carbons (Fsp3) is 0.645. The van der Waals surface area contributed by atoms with Crippen LogP contribution in [0, 0.1) is 6.92 Å². The summed E-state index contributed by atoms with van der Waals surface area (Å²) in [4.78, 5) is 11.5.